The first-order chi connectivity index (χ1) is 14.8. The van der Waals surface area contributed by atoms with Crippen LogP contribution in [0.1, 0.15) is 35.4 Å². The summed E-state index contributed by atoms with van der Waals surface area (Å²) in [6.45, 7) is 0. The number of hydrogen-bond donors (Lipinski definition) is 0. The molecule has 4 aromatic rings. The van der Waals surface area contributed by atoms with Crippen molar-refractivity contribution in [3.63, 3.8) is 0 Å². The Labute approximate surface area is 193 Å². The van der Waals surface area contributed by atoms with E-state index in [1.54, 1.807) is 22.7 Å². The Morgan fingerprint density at radius 2 is 1.13 bits per heavy atom. The summed E-state index contributed by atoms with van der Waals surface area (Å²) in [4.78, 5) is 17.7. The number of rotatable bonds is 6. The van der Waals surface area contributed by atoms with E-state index in [1.807, 2.05) is 22.7 Å². The minimum atomic E-state index is 0.291. The van der Waals surface area contributed by atoms with Gasteiger partial charge in [-0.2, -0.15) is 0 Å². The molecule has 5 rings (SSSR count). The monoisotopic (exact) mass is 466 g/mol. The highest BCUT2D eigenvalue weighted by atomic mass is 32.1. The van der Waals surface area contributed by atoms with Gasteiger partial charge in [0.15, 0.2) is 0 Å². The summed E-state index contributed by atoms with van der Waals surface area (Å²) in [6, 6.07) is 17.9. The predicted molar refractivity (Wildman–Crippen MR) is 136 cm³/mol. The third-order valence-corrected chi connectivity index (χ3v) is 9.43. The van der Waals surface area contributed by atoms with E-state index < -0.39 is 0 Å². The van der Waals surface area contributed by atoms with E-state index in [4.69, 9.17) is 9.98 Å². The molecular formula is C24H22N2S4. The van der Waals surface area contributed by atoms with Gasteiger partial charge in [0.05, 0.1) is 12.1 Å². The highest BCUT2D eigenvalue weighted by Gasteiger charge is 2.23. The van der Waals surface area contributed by atoms with Gasteiger partial charge < -0.3 is 0 Å². The molecule has 6 heteroatoms. The van der Waals surface area contributed by atoms with Crippen LogP contribution in [0.4, 0.5) is 0 Å². The van der Waals surface area contributed by atoms with Gasteiger partial charge in [-0.05, 0) is 60.0 Å². The van der Waals surface area contributed by atoms with Crippen molar-refractivity contribution in [1.82, 2.24) is 0 Å². The van der Waals surface area contributed by atoms with E-state index in [0.29, 0.717) is 12.1 Å². The highest BCUT2D eigenvalue weighted by molar-refractivity contribution is 7.22. The van der Waals surface area contributed by atoms with Gasteiger partial charge in [-0.1, -0.05) is 25.0 Å². The third kappa shape index (κ3) is 4.72. The Balaban J connectivity index is 1.26. The molecule has 1 aliphatic carbocycles. The standard InChI is InChI=1S/C24H22N2S4/c1-2-6-20(26-16-18-10-12-24(30-18)22-8-4-14-28-22)19(5-1)25-15-17-9-11-23(29-17)21-7-3-13-27-21/h3-4,7-16,19-20H,1-2,5-6H2/t19-,20-/m1/s1. The van der Waals surface area contributed by atoms with Gasteiger partial charge in [-0.15, -0.1) is 45.3 Å². The lowest BCUT2D eigenvalue weighted by Crippen LogP contribution is -2.27. The molecule has 2 atom stereocenters. The lowest BCUT2D eigenvalue weighted by Gasteiger charge is -2.25. The smallest absolute Gasteiger partial charge is 0.0723 e. The van der Waals surface area contributed by atoms with Crippen LogP contribution < -0.4 is 0 Å². The molecule has 2 nitrogen and oxygen atoms in total. The van der Waals surface area contributed by atoms with E-state index in [0.717, 1.165) is 12.8 Å². The van der Waals surface area contributed by atoms with Crippen LogP contribution in [0.2, 0.25) is 0 Å². The fourth-order valence-corrected chi connectivity index (χ4v) is 7.17. The van der Waals surface area contributed by atoms with Gasteiger partial charge in [0.2, 0.25) is 0 Å². The van der Waals surface area contributed by atoms with Crippen molar-refractivity contribution in [2.75, 3.05) is 0 Å². The molecule has 0 unspecified atom stereocenters. The van der Waals surface area contributed by atoms with Crippen LogP contribution >= 0.6 is 45.3 Å². The zero-order valence-corrected chi connectivity index (χ0v) is 19.7. The van der Waals surface area contributed by atoms with Crippen LogP contribution in [0.25, 0.3) is 19.5 Å². The first-order valence-electron chi connectivity index (χ1n) is 10.2. The molecule has 0 bridgehead atoms. The van der Waals surface area contributed by atoms with Crippen LogP contribution in [0.15, 0.2) is 69.3 Å². The second-order valence-corrected chi connectivity index (χ2v) is 11.5. The van der Waals surface area contributed by atoms with Crippen LogP contribution in [-0.2, 0) is 0 Å². The molecular weight excluding hydrogens is 445 g/mol. The topological polar surface area (TPSA) is 24.7 Å². The second kappa shape index (κ2) is 9.52. The molecule has 0 N–H and O–H groups in total. The van der Waals surface area contributed by atoms with Gasteiger partial charge in [0, 0.05) is 41.7 Å². The predicted octanol–water partition coefficient (Wildman–Crippen LogP) is 8.12. The molecule has 152 valence electrons. The quantitative estimate of drug-likeness (QED) is 0.256. The zero-order valence-electron chi connectivity index (χ0n) is 16.4. The Morgan fingerprint density at radius 1 is 0.633 bits per heavy atom. The van der Waals surface area contributed by atoms with Crippen LogP contribution in [0.3, 0.4) is 0 Å². The van der Waals surface area contributed by atoms with Gasteiger partial charge >= 0.3 is 0 Å². The van der Waals surface area contributed by atoms with Gasteiger partial charge in [0.25, 0.3) is 0 Å². The minimum Gasteiger partial charge on any atom is -0.286 e. The zero-order chi connectivity index (χ0) is 20.2. The molecule has 30 heavy (non-hydrogen) atoms. The van der Waals surface area contributed by atoms with Gasteiger partial charge in [-0.25, -0.2) is 0 Å². The average Bonchev–Trinajstić information content (AvgIpc) is 3.57. The Hall–Kier alpha value is -1.86. The second-order valence-electron chi connectivity index (χ2n) is 7.33. The molecule has 0 amide bonds. The number of nitrogens with zero attached hydrogens (tertiary/aromatic N) is 2. The first kappa shape index (κ1) is 20.1. The molecule has 0 aliphatic heterocycles. The van der Waals surface area contributed by atoms with Crippen molar-refractivity contribution in [2.45, 2.75) is 37.8 Å². The summed E-state index contributed by atoms with van der Waals surface area (Å²) >= 11 is 7.21. The number of thiophene rings is 4. The van der Waals surface area contributed by atoms with Crippen LogP contribution in [-0.4, -0.2) is 24.5 Å². The molecule has 1 fully saturated rings. The maximum atomic E-state index is 4.97. The van der Waals surface area contributed by atoms with E-state index in [-0.39, 0.29) is 0 Å². The molecule has 0 saturated heterocycles. The maximum Gasteiger partial charge on any atom is 0.0723 e. The molecule has 0 spiro atoms. The third-order valence-electron chi connectivity index (χ3n) is 5.26. The molecule has 4 aromatic heterocycles. The summed E-state index contributed by atoms with van der Waals surface area (Å²) in [7, 11) is 0. The fourth-order valence-electron chi connectivity index (χ4n) is 3.72. The van der Waals surface area contributed by atoms with Gasteiger partial charge in [0.1, 0.15) is 0 Å². The lowest BCUT2D eigenvalue weighted by atomic mass is 9.91. The largest absolute Gasteiger partial charge is 0.286 e. The van der Waals surface area contributed by atoms with Crippen molar-refractivity contribution < 1.29 is 0 Å². The Kier molecular flexibility index (Phi) is 6.37. The molecule has 1 aliphatic rings. The molecule has 1 saturated carbocycles. The van der Waals surface area contributed by atoms with E-state index >= 15 is 0 Å². The Bertz CT molecular complexity index is 1030. The highest BCUT2D eigenvalue weighted by Crippen LogP contribution is 2.32. The van der Waals surface area contributed by atoms with Crippen LogP contribution in [0.5, 0.6) is 0 Å². The summed E-state index contributed by atoms with van der Waals surface area (Å²) in [5.74, 6) is 0. The lowest BCUT2D eigenvalue weighted by molar-refractivity contribution is 0.390. The van der Waals surface area contributed by atoms with Crippen molar-refractivity contribution in [3.8, 4) is 19.5 Å². The number of hydrogen-bond acceptors (Lipinski definition) is 6. The van der Waals surface area contributed by atoms with E-state index in [2.05, 4.69) is 71.7 Å². The summed E-state index contributed by atoms with van der Waals surface area (Å²) < 4.78 is 0. The summed E-state index contributed by atoms with van der Waals surface area (Å²) in [5.41, 5.74) is 0. The van der Waals surface area contributed by atoms with Crippen LogP contribution in [0, 0.1) is 0 Å². The van der Waals surface area contributed by atoms with Crippen molar-refractivity contribution in [3.05, 3.63) is 69.0 Å². The van der Waals surface area contributed by atoms with Gasteiger partial charge in [-0.3, -0.25) is 9.98 Å². The molecule has 4 heterocycles. The average molecular weight is 467 g/mol. The summed E-state index contributed by atoms with van der Waals surface area (Å²) in [6.07, 6.45) is 8.90. The van der Waals surface area contributed by atoms with Crippen molar-refractivity contribution >= 4 is 57.8 Å². The van der Waals surface area contributed by atoms with E-state index in [1.165, 1.54) is 42.1 Å². The maximum absolute atomic E-state index is 4.97. The summed E-state index contributed by atoms with van der Waals surface area (Å²) in [5, 5.41) is 4.26. The SMILES string of the molecule is C(=N[C@@H]1CCCC[C@H]1N=Cc1ccc(-c2cccs2)s1)c1ccc(-c2cccs2)s1. The first-order valence-corrected chi connectivity index (χ1v) is 13.6. The Morgan fingerprint density at radius 3 is 1.57 bits per heavy atom. The normalized spacial score (nSPS) is 19.9. The number of aliphatic imine (C=N–C) groups is 2. The molecule has 0 radical (unpaired) electrons. The van der Waals surface area contributed by atoms with Crippen molar-refractivity contribution in [1.29, 1.82) is 0 Å². The fraction of sp³-hybridized carbons (Fsp3) is 0.250. The van der Waals surface area contributed by atoms with Crippen molar-refractivity contribution in [2.24, 2.45) is 9.98 Å². The van der Waals surface area contributed by atoms with E-state index in [9.17, 15) is 0 Å². The molecule has 0 aromatic carbocycles. The minimum absolute atomic E-state index is 0.291.